The number of nitrogens with zero attached hydrogens (tertiary/aromatic N) is 5. The number of aromatic nitrogens is 3. The number of piperazine rings is 1. The normalized spacial score (nSPS) is 17.6. The number of ether oxygens (including phenoxy) is 2. The first-order valence-corrected chi connectivity index (χ1v) is 19.2. The molecule has 3 amide bonds. The Labute approximate surface area is 338 Å². The molecule has 1 aliphatic heterocycles. The zero-order chi connectivity index (χ0) is 41.5. The third-order valence-corrected chi connectivity index (χ3v) is 10.6. The molecule has 312 valence electrons. The predicted molar refractivity (Wildman–Crippen MR) is 207 cm³/mol. The molecule has 1 aromatic heterocycles. The van der Waals surface area contributed by atoms with Crippen molar-refractivity contribution in [2.45, 2.75) is 49.9 Å². The SMILES string of the molecule is COC(=O)[C@@H](CCNC(=O)C(=O)NCC1(CN2CCN(C)CC2)CC1)NC(=O)c1ccc(Nc2nc(NC3(c4ccc(Cl)cc4)CC3)nc(OCC(F)(F)F)n2)cc1. The molecule has 2 aromatic carbocycles. The lowest BCUT2D eigenvalue weighted by atomic mass is 10.1. The summed E-state index contributed by atoms with van der Waals surface area (Å²) in [4.78, 5) is 67.9. The van der Waals surface area contributed by atoms with E-state index in [9.17, 15) is 32.3 Å². The molecule has 3 aliphatic rings. The number of carbonyl (C=O) groups is 4. The summed E-state index contributed by atoms with van der Waals surface area (Å²) in [6, 6.07) is 11.3. The van der Waals surface area contributed by atoms with E-state index in [0.717, 1.165) is 58.2 Å². The van der Waals surface area contributed by atoms with Crippen molar-refractivity contribution in [3.05, 3.63) is 64.7 Å². The number of alkyl halides is 3. The average molecular weight is 831 g/mol. The Morgan fingerprint density at radius 3 is 2.16 bits per heavy atom. The molecule has 1 saturated heterocycles. The van der Waals surface area contributed by atoms with Crippen molar-refractivity contribution in [2.24, 2.45) is 5.41 Å². The lowest BCUT2D eigenvalue weighted by Gasteiger charge is -2.34. The Balaban J connectivity index is 1.01. The zero-order valence-corrected chi connectivity index (χ0v) is 32.8. The van der Waals surface area contributed by atoms with E-state index in [4.69, 9.17) is 21.1 Å². The highest BCUT2D eigenvalue weighted by Crippen LogP contribution is 2.48. The summed E-state index contributed by atoms with van der Waals surface area (Å²) in [5, 5.41) is 14.5. The number of hydrogen-bond donors (Lipinski definition) is 5. The number of carbonyl (C=O) groups excluding carboxylic acids is 4. The second-order valence-electron chi connectivity index (χ2n) is 14.9. The number of anilines is 3. The van der Waals surface area contributed by atoms with E-state index < -0.39 is 54.1 Å². The summed E-state index contributed by atoms with van der Waals surface area (Å²) >= 11 is 6.04. The highest BCUT2D eigenvalue weighted by Gasteiger charge is 2.46. The second-order valence-corrected chi connectivity index (χ2v) is 15.4. The second kappa shape index (κ2) is 18.1. The van der Waals surface area contributed by atoms with Crippen LogP contribution in [0, 0.1) is 5.41 Å². The molecule has 2 heterocycles. The van der Waals surface area contributed by atoms with Gasteiger partial charge in [0, 0.05) is 67.5 Å². The smallest absolute Gasteiger partial charge is 0.422 e. The summed E-state index contributed by atoms with van der Waals surface area (Å²) in [5.41, 5.74) is 0.844. The first-order valence-electron chi connectivity index (χ1n) is 18.9. The molecule has 6 rings (SSSR count). The van der Waals surface area contributed by atoms with Crippen molar-refractivity contribution in [3.63, 3.8) is 0 Å². The minimum Gasteiger partial charge on any atom is -0.467 e. The monoisotopic (exact) mass is 830 g/mol. The minimum absolute atomic E-state index is 0.0212. The van der Waals surface area contributed by atoms with E-state index in [1.165, 1.54) is 24.3 Å². The van der Waals surface area contributed by atoms with Crippen LogP contribution in [0.2, 0.25) is 5.02 Å². The molecule has 5 N–H and O–H groups in total. The topological polar surface area (TPSA) is 192 Å². The molecule has 0 spiro atoms. The van der Waals surface area contributed by atoms with Gasteiger partial charge in [-0.05, 0) is 81.1 Å². The standard InChI is InChI=1S/C38H46ClF3N10O6/c1-51-17-19-52(20-18-51)22-36(12-13-36)21-44-31(55)30(54)43-16-11-28(32(56)57-2)46-29(53)24-3-9-27(10-4-24)45-33-47-34(49-35(48-33)58-23-38(40,41)42)50-37(14-15-37)25-5-7-26(39)8-6-25/h3-10,28H,11-23H2,1-2H3,(H,43,54)(H,44,55)(H,46,53)(H2,45,47,48,49,50)/t28-/m1/s1. The number of amides is 3. The Morgan fingerprint density at radius 1 is 0.879 bits per heavy atom. The molecular weight excluding hydrogens is 785 g/mol. The highest BCUT2D eigenvalue weighted by molar-refractivity contribution is 6.35. The first kappa shape index (κ1) is 42.3. The highest BCUT2D eigenvalue weighted by atomic mass is 35.5. The molecule has 0 radical (unpaired) electrons. The van der Waals surface area contributed by atoms with Crippen molar-refractivity contribution in [1.82, 2.24) is 40.7 Å². The fourth-order valence-electron chi connectivity index (χ4n) is 6.55. The Morgan fingerprint density at radius 2 is 1.53 bits per heavy atom. The van der Waals surface area contributed by atoms with Crippen LogP contribution in [0.3, 0.4) is 0 Å². The van der Waals surface area contributed by atoms with Gasteiger partial charge in [-0.25, -0.2) is 4.79 Å². The maximum atomic E-state index is 13.2. The molecule has 58 heavy (non-hydrogen) atoms. The minimum atomic E-state index is -4.63. The van der Waals surface area contributed by atoms with Crippen LogP contribution in [-0.4, -0.2) is 127 Å². The molecule has 0 bridgehead atoms. The quantitative estimate of drug-likeness (QED) is 0.0986. The first-order chi connectivity index (χ1) is 27.6. The van der Waals surface area contributed by atoms with Crippen molar-refractivity contribution in [3.8, 4) is 6.01 Å². The van der Waals surface area contributed by atoms with Crippen molar-refractivity contribution >= 4 is 52.9 Å². The number of hydrogen-bond acceptors (Lipinski definition) is 13. The van der Waals surface area contributed by atoms with E-state index >= 15 is 0 Å². The third-order valence-electron chi connectivity index (χ3n) is 10.3. The van der Waals surface area contributed by atoms with Gasteiger partial charge in [-0.1, -0.05) is 23.7 Å². The van der Waals surface area contributed by atoms with Crippen molar-refractivity contribution < 1.29 is 41.8 Å². The lowest BCUT2D eigenvalue weighted by molar-refractivity contribution is -0.154. The van der Waals surface area contributed by atoms with Gasteiger partial charge in [0.05, 0.1) is 12.6 Å². The van der Waals surface area contributed by atoms with E-state index in [2.05, 4.69) is 58.4 Å². The molecule has 1 atom stereocenters. The molecule has 3 fully saturated rings. The van der Waals surface area contributed by atoms with Gasteiger partial charge in [0.1, 0.15) is 6.04 Å². The Hall–Kier alpha value is -5.27. The summed E-state index contributed by atoms with van der Waals surface area (Å²) in [6.45, 7) is 3.49. The van der Waals surface area contributed by atoms with Gasteiger partial charge in [0.15, 0.2) is 6.61 Å². The maximum Gasteiger partial charge on any atom is 0.422 e. The Bertz CT molecular complexity index is 1940. The summed E-state index contributed by atoms with van der Waals surface area (Å²) in [7, 11) is 3.25. The van der Waals surface area contributed by atoms with Gasteiger partial charge in [0.25, 0.3) is 5.91 Å². The largest absolute Gasteiger partial charge is 0.467 e. The maximum absolute atomic E-state index is 13.2. The molecule has 2 aliphatic carbocycles. The molecule has 3 aromatic rings. The van der Waals surface area contributed by atoms with Crippen LogP contribution in [0.4, 0.5) is 30.8 Å². The summed E-state index contributed by atoms with van der Waals surface area (Å²) < 4.78 is 48.7. The van der Waals surface area contributed by atoms with Crippen LogP contribution in [0.1, 0.15) is 48.0 Å². The summed E-state index contributed by atoms with van der Waals surface area (Å²) in [6.07, 6.45) is -1.30. The van der Waals surface area contributed by atoms with Crippen LogP contribution in [0.25, 0.3) is 0 Å². The van der Waals surface area contributed by atoms with E-state index in [0.29, 0.717) is 30.1 Å². The van der Waals surface area contributed by atoms with E-state index in [1.54, 1.807) is 12.1 Å². The number of nitrogens with one attached hydrogen (secondary N) is 5. The Kier molecular flexibility index (Phi) is 13.2. The number of esters is 1. The number of likely N-dealkylation sites (N-methyl/N-ethyl adjacent to an activating group) is 1. The van der Waals surface area contributed by atoms with Gasteiger partial charge < -0.3 is 45.9 Å². The number of benzene rings is 2. The van der Waals surface area contributed by atoms with Gasteiger partial charge in [0.2, 0.25) is 11.9 Å². The van der Waals surface area contributed by atoms with Crippen LogP contribution in [0.5, 0.6) is 6.01 Å². The molecular formula is C38H46ClF3N10O6. The zero-order valence-electron chi connectivity index (χ0n) is 32.1. The number of methoxy groups -OCH3 is 1. The molecule has 2 saturated carbocycles. The summed E-state index contributed by atoms with van der Waals surface area (Å²) in [5.74, 6) is -3.15. The molecule has 0 unspecified atom stereocenters. The van der Waals surface area contributed by atoms with E-state index in [1.807, 2.05) is 12.1 Å². The van der Waals surface area contributed by atoms with Gasteiger partial charge in [-0.15, -0.1) is 0 Å². The molecule has 16 nitrogen and oxygen atoms in total. The van der Waals surface area contributed by atoms with E-state index in [-0.39, 0.29) is 35.8 Å². The van der Waals surface area contributed by atoms with Crippen molar-refractivity contribution in [2.75, 3.05) is 77.2 Å². The lowest BCUT2D eigenvalue weighted by Crippen LogP contribution is -2.49. The van der Waals surface area contributed by atoms with Gasteiger partial charge in [-0.2, -0.15) is 28.1 Å². The number of halogens is 4. The number of rotatable bonds is 17. The van der Waals surface area contributed by atoms with Crippen molar-refractivity contribution in [1.29, 1.82) is 0 Å². The predicted octanol–water partition coefficient (Wildman–Crippen LogP) is 3.23. The average Bonchev–Trinajstić information content (AvgIpc) is 4.14. The van der Waals surface area contributed by atoms with Gasteiger partial charge >= 0.3 is 30.0 Å². The van der Waals surface area contributed by atoms with Crippen LogP contribution >= 0.6 is 11.6 Å². The fraction of sp³-hybridized carbons (Fsp3) is 0.500. The van der Waals surface area contributed by atoms with Crippen LogP contribution in [0.15, 0.2) is 48.5 Å². The fourth-order valence-corrected chi connectivity index (χ4v) is 6.67. The molecule has 20 heteroatoms. The van der Waals surface area contributed by atoms with Gasteiger partial charge in [-0.3, -0.25) is 14.4 Å². The van der Waals surface area contributed by atoms with Crippen LogP contribution in [-0.2, 0) is 24.7 Å². The van der Waals surface area contributed by atoms with Crippen LogP contribution < -0.4 is 31.3 Å². The third kappa shape index (κ3) is 11.9.